The fourth-order valence-electron chi connectivity index (χ4n) is 2.07. The molecule has 0 saturated carbocycles. The molecule has 0 saturated heterocycles. The van der Waals surface area contributed by atoms with Gasteiger partial charge >= 0.3 is 5.91 Å². The smallest absolute Gasteiger partial charge is 0.305 e. The maximum Gasteiger partial charge on any atom is 0.305 e. The lowest BCUT2D eigenvalue weighted by Crippen LogP contribution is -2.43. The van der Waals surface area contributed by atoms with E-state index in [0.717, 1.165) is 10.8 Å². The van der Waals surface area contributed by atoms with Crippen LogP contribution in [0.3, 0.4) is 0 Å². The molecule has 0 unspecified atom stereocenters. The quantitative estimate of drug-likeness (QED) is 0.673. The van der Waals surface area contributed by atoms with Crippen molar-refractivity contribution in [2.24, 2.45) is 0 Å². The minimum atomic E-state index is -0.556. The summed E-state index contributed by atoms with van der Waals surface area (Å²) in [6, 6.07) is 16.5. The number of hydrogen-bond acceptors (Lipinski definition) is 4. The zero-order chi connectivity index (χ0) is 16.9. The molecule has 7 heteroatoms. The Labute approximate surface area is 145 Å². The van der Waals surface area contributed by atoms with Gasteiger partial charge in [-0.1, -0.05) is 30.3 Å². The van der Waals surface area contributed by atoms with E-state index in [9.17, 15) is 9.59 Å². The molecule has 1 aromatic heterocycles. The van der Waals surface area contributed by atoms with Gasteiger partial charge in [0.05, 0.1) is 0 Å². The van der Waals surface area contributed by atoms with Gasteiger partial charge in [0.1, 0.15) is 5.75 Å². The molecule has 0 aliphatic rings. The van der Waals surface area contributed by atoms with Crippen molar-refractivity contribution in [1.29, 1.82) is 0 Å². The SMILES string of the molecule is O=C(COc1ccc2ccccc2c1)NNC(=O)c1ccc(Br)o1. The van der Waals surface area contributed by atoms with Gasteiger partial charge < -0.3 is 9.15 Å². The van der Waals surface area contributed by atoms with Crippen LogP contribution in [0, 0.1) is 0 Å². The number of ether oxygens (including phenoxy) is 1. The van der Waals surface area contributed by atoms with E-state index in [0.29, 0.717) is 10.4 Å². The lowest BCUT2D eigenvalue weighted by molar-refractivity contribution is -0.123. The Kier molecular flexibility index (Phi) is 4.81. The van der Waals surface area contributed by atoms with E-state index in [4.69, 9.17) is 9.15 Å². The minimum absolute atomic E-state index is 0.0811. The van der Waals surface area contributed by atoms with Crippen molar-refractivity contribution in [3.05, 3.63) is 65.0 Å². The lowest BCUT2D eigenvalue weighted by Gasteiger charge is -2.08. The number of hydrogen-bond donors (Lipinski definition) is 2. The maximum atomic E-state index is 11.7. The van der Waals surface area contributed by atoms with Crippen LogP contribution in [0.15, 0.2) is 63.7 Å². The first-order valence-corrected chi connectivity index (χ1v) is 7.87. The van der Waals surface area contributed by atoms with Crippen LogP contribution in [-0.2, 0) is 4.79 Å². The van der Waals surface area contributed by atoms with Gasteiger partial charge in [-0.05, 0) is 51.0 Å². The molecule has 0 aliphatic carbocycles. The number of carbonyl (C=O) groups is 2. The molecule has 122 valence electrons. The molecule has 0 bridgehead atoms. The highest BCUT2D eigenvalue weighted by Crippen LogP contribution is 2.20. The van der Waals surface area contributed by atoms with Gasteiger partial charge in [0.2, 0.25) is 0 Å². The van der Waals surface area contributed by atoms with Crippen molar-refractivity contribution in [3.8, 4) is 5.75 Å². The number of furan rings is 1. The molecule has 0 radical (unpaired) electrons. The number of fused-ring (bicyclic) bond motifs is 1. The summed E-state index contributed by atoms with van der Waals surface area (Å²) in [5, 5.41) is 2.11. The molecule has 0 spiro atoms. The zero-order valence-corrected chi connectivity index (χ0v) is 14.0. The monoisotopic (exact) mass is 388 g/mol. The number of nitrogens with one attached hydrogen (secondary N) is 2. The van der Waals surface area contributed by atoms with Crippen molar-refractivity contribution < 1.29 is 18.7 Å². The standard InChI is InChI=1S/C17H13BrN2O4/c18-15-8-7-14(24-15)17(22)20-19-16(21)10-23-13-6-5-11-3-1-2-4-12(11)9-13/h1-9H,10H2,(H,19,21)(H,20,22). The summed E-state index contributed by atoms with van der Waals surface area (Å²) in [7, 11) is 0. The zero-order valence-electron chi connectivity index (χ0n) is 12.4. The number of amides is 2. The highest BCUT2D eigenvalue weighted by molar-refractivity contribution is 9.10. The summed E-state index contributed by atoms with van der Waals surface area (Å²) in [6.45, 7) is -0.222. The molecule has 0 fully saturated rings. The van der Waals surface area contributed by atoms with Crippen LogP contribution in [-0.4, -0.2) is 18.4 Å². The first-order chi connectivity index (χ1) is 11.6. The van der Waals surface area contributed by atoms with E-state index in [2.05, 4.69) is 26.8 Å². The first-order valence-electron chi connectivity index (χ1n) is 7.08. The van der Waals surface area contributed by atoms with Gasteiger partial charge in [0.15, 0.2) is 17.0 Å². The summed E-state index contributed by atoms with van der Waals surface area (Å²) < 4.78 is 10.9. The van der Waals surface area contributed by atoms with Gasteiger partial charge in [-0.25, -0.2) is 0 Å². The van der Waals surface area contributed by atoms with E-state index in [1.54, 1.807) is 12.1 Å². The number of halogens is 1. The molecule has 6 nitrogen and oxygen atoms in total. The summed E-state index contributed by atoms with van der Waals surface area (Å²) in [6.07, 6.45) is 0. The van der Waals surface area contributed by atoms with Gasteiger partial charge in [-0.2, -0.15) is 0 Å². The van der Waals surface area contributed by atoms with Gasteiger partial charge in [0.25, 0.3) is 5.91 Å². The molecule has 2 aromatic carbocycles. The normalized spacial score (nSPS) is 10.4. The Morgan fingerprint density at radius 2 is 1.79 bits per heavy atom. The van der Waals surface area contributed by atoms with Crippen LogP contribution >= 0.6 is 15.9 Å². The van der Waals surface area contributed by atoms with Gasteiger partial charge in [0, 0.05) is 0 Å². The third-order valence-corrected chi connectivity index (χ3v) is 3.63. The van der Waals surface area contributed by atoms with E-state index >= 15 is 0 Å². The van der Waals surface area contributed by atoms with E-state index in [1.807, 2.05) is 36.4 Å². The molecule has 1 heterocycles. The van der Waals surface area contributed by atoms with Crippen LogP contribution in [0.5, 0.6) is 5.75 Å². The Balaban J connectivity index is 1.50. The average Bonchev–Trinajstić information content (AvgIpc) is 3.04. The van der Waals surface area contributed by atoms with E-state index in [1.165, 1.54) is 6.07 Å². The van der Waals surface area contributed by atoms with Gasteiger partial charge in [-0.15, -0.1) is 0 Å². The molecule has 0 atom stereocenters. The predicted molar refractivity (Wildman–Crippen MR) is 91.5 cm³/mol. The molecule has 24 heavy (non-hydrogen) atoms. The van der Waals surface area contributed by atoms with Crippen molar-refractivity contribution >= 4 is 38.5 Å². The minimum Gasteiger partial charge on any atom is -0.484 e. The van der Waals surface area contributed by atoms with E-state index in [-0.39, 0.29) is 12.4 Å². The Morgan fingerprint density at radius 3 is 2.54 bits per heavy atom. The molecule has 3 aromatic rings. The highest BCUT2D eigenvalue weighted by Gasteiger charge is 2.11. The number of benzene rings is 2. The van der Waals surface area contributed by atoms with Crippen molar-refractivity contribution in [3.63, 3.8) is 0 Å². The summed E-state index contributed by atoms with van der Waals surface area (Å²) in [5.41, 5.74) is 4.50. The Bertz CT molecular complexity index is 891. The third kappa shape index (κ3) is 3.94. The van der Waals surface area contributed by atoms with Crippen molar-refractivity contribution in [1.82, 2.24) is 10.9 Å². The molecule has 0 aliphatic heterocycles. The third-order valence-electron chi connectivity index (χ3n) is 3.20. The van der Waals surface area contributed by atoms with Crippen LogP contribution in [0.4, 0.5) is 0 Å². The van der Waals surface area contributed by atoms with E-state index < -0.39 is 11.8 Å². The summed E-state index contributed by atoms with van der Waals surface area (Å²) in [5.74, 6) is -0.385. The van der Waals surface area contributed by atoms with Crippen LogP contribution in [0.25, 0.3) is 10.8 Å². The summed E-state index contributed by atoms with van der Waals surface area (Å²) in [4.78, 5) is 23.4. The van der Waals surface area contributed by atoms with Gasteiger partial charge in [-0.3, -0.25) is 20.4 Å². The Hall–Kier alpha value is -2.80. The lowest BCUT2D eigenvalue weighted by atomic mass is 10.1. The first kappa shape index (κ1) is 16.1. The molecule has 3 rings (SSSR count). The molecular weight excluding hydrogens is 376 g/mol. The molecule has 2 N–H and O–H groups in total. The second kappa shape index (κ2) is 7.18. The number of carbonyl (C=O) groups excluding carboxylic acids is 2. The fourth-order valence-corrected chi connectivity index (χ4v) is 2.37. The Morgan fingerprint density at radius 1 is 1.00 bits per heavy atom. The van der Waals surface area contributed by atoms with Crippen LogP contribution < -0.4 is 15.6 Å². The average molecular weight is 389 g/mol. The largest absolute Gasteiger partial charge is 0.484 e. The summed E-state index contributed by atoms with van der Waals surface area (Å²) >= 11 is 3.09. The number of rotatable bonds is 4. The second-order valence-electron chi connectivity index (χ2n) is 4.90. The predicted octanol–water partition coefficient (Wildman–Crippen LogP) is 3.04. The molecular formula is C17H13BrN2O4. The fraction of sp³-hybridized carbons (Fsp3) is 0.0588. The molecule has 2 amide bonds. The highest BCUT2D eigenvalue weighted by atomic mass is 79.9. The van der Waals surface area contributed by atoms with Crippen LogP contribution in [0.1, 0.15) is 10.6 Å². The number of hydrazine groups is 1. The maximum absolute atomic E-state index is 11.7. The topological polar surface area (TPSA) is 80.6 Å². The van der Waals surface area contributed by atoms with Crippen molar-refractivity contribution in [2.45, 2.75) is 0 Å². The van der Waals surface area contributed by atoms with Crippen LogP contribution in [0.2, 0.25) is 0 Å². The second-order valence-corrected chi connectivity index (χ2v) is 5.69. The van der Waals surface area contributed by atoms with Crippen molar-refractivity contribution in [2.75, 3.05) is 6.61 Å².